The molecule has 1 aromatic heterocycles. The summed E-state index contributed by atoms with van der Waals surface area (Å²) in [4.78, 5) is 4.27. The summed E-state index contributed by atoms with van der Waals surface area (Å²) in [6.07, 6.45) is 4.04. The molecule has 1 N–H and O–H groups in total. The number of hydrogen-bond donors (Lipinski definition) is 1. The van der Waals surface area contributed by atoms with Gasteiger partial charge in [0, 0.05) is 18.5 Å². The van der Waals surface area contributed by atoms with E-state index in [9.17, 15) is 8.78 Å². The molecule has 9 heteroatoms. The van der Waals surface area contributed by atoms with Crippen LogP contribution < -0.4 is 14.8 Å². The predicted molar refractivity (Wildman–Crippen MR) is 96.9 cm³/mol. The number of nitrogens with one attached hydrogen (secondary N) is 1. The normalized spacial score (nSPS) is 12.2. The highest BCUT2D eigenvalue weighted by Crippen LogP contribution is 2.30. The second-order valence-electron chi connectivity index (χ2n) is 5.29. The molecule has 6 nitrogen and oxygen atoms in total. The van der Waals surface area contributed by atoms with E-state index in [1.165, 1.54) is 6.07 Å². The van der Waals surface area contributed by atoms with E-state index < -0.39 is 6.61 Å². The van der Waals surface area contributed by atoms with Crippen LogP contribution in [0.25, 0.3) is 12.2 Å². The fraction of sp³-hybridized carbons (Fsp3) is 0.412. The van der Waals surface area contributed by atoms with Gasteiger partial charge in [-0.1, -0.05) is 11.2 Å². The zero-order chi connectivity index (χ0) is 18.2. The van der Waals surface area contributed by atoms with Crippen LogP contribution in [0.1, 0.15) is 31.1 Å². The molecule has 26 heavy (non-hydrogen) atoms. The first-order valence-electron chi connectivity index (χ1n) is 7.91. The molecule has 0 radical (unpaired) electrons. The number of rotatable bonds is 9. The van der Waals surface area contributed by atoms with Crippen molar-refractivity contribution in [3.8, 4) is 11.5 Å². The summed E-state index contributed by atoms with van der Waals surface area (Å²) in [5, 5.41) is 7.00. The van der Waals surface area contributed by atoms with Gasteiger partial charge < -0.3 is 19.3 Å². The summed E-state index contributed by atoms with van der Waals surface area (Å²) in [5.41, 5.74) is 0.730. The third-order valence-corrected chi connectivity index (χ3v) is 3.37. The maximum atomic E-state index is 12.4. The molecule has 0 fully saturated rings. The first-order chi connectivity index (χ1) is 12.0. The van der Waals surface area contributed by atoms with E-state index in [0.29, 0.717) is 24.7 Å². The molecule has 1 atom stereocenters. The highest BCUT2D eigenvalue weighted by atomic mass is 35.5. The van der Waals surface area contributed by atoms with Gasteiger partial charge in [-0.15, -0.1) is 12.4 Å². The van der Waals surface area contributed by atoms with Crippen LogP contribution in [0.3, 0.4) is 0 Å². The molecule has 2 rings (SSSR count). The molecule has 1 aromatic carbocycles. The smallest absolute Gasteiger partial charge is 0.387 e. The van der Waals surface area contributed by atoms with Crippen molar-refractivity contribution in [2.45, 2.75) is 32.9 Å². The molecule has 0 aliphatic heterocycles. The number of ether oxygens (including phenoxy) is 2. The molecular weight excluding hydrogens is 368 g/mol. The lowest BCUT2D eigenvalue weighted by atomic mass is 10.2. The summed E-state index contributed by atoms with van der Waals surface area (Å²) < 4.78 is 39.7. The van der Waals surface area contributed by atoms with E-state index in [-0.39, 0.29) is 29.9 Å². The first kappa shape index (κ1) is 21.9. The lowest BCUT2D eigenvalue weighted by Crippen LogP contribution is -2.24. The Kier molecular flexibility index (Phi) is 9.01. The Morgan fingerprint density at radius 2 is 2.04 bits per heavy atom. The summed E-state index contributed by atoms with van der Waals surface area (Å²) >= 11 is 0. The van der Waals surface area contributed by atoms with Crippen molar-refractivity contribution in [3.63, 3.8) is 0 Å². The van der Waals surface area contributed by atoms with Crippen molar-refractivity contribution in [3.05, 3.63) is 35.5 Å². The summed E-state index contributed by atoms with van der Waals surface area (Å²) in [6, 6.07) is 4.92. The molecule has 1 unspecified atom stereocenters. The van der Waals surface area contributed by atoms with E-state index >= 15 is 0 Å². The van der Waals surface area contributed by atoms with Gasteiger partial charge in [0.1, 0.15) is 0 Å². The van der Waals surface area contributed by atoms with Gasteiger partial charge in [0.2, 0.25) is 0 Å². The minimum Gasteiger partial charge on any atom is -0.490 e. The molecule has 0 saturated carbocycles. The fourth-order valence-corrected chi connectivity index (χ4v) is 2.05. The van der Waals surface area contributed by atoms with Crippen LogP contribution in [0, 0.1) is 0 Å². The van der Waals surface area contributed by atoms with Crippen LogP contribution in [0.15, 0.2) is 22.7 Å². The molecule has 0 amide bonds. The number of halogens is 3. The van der Waals surface area contributed by atoms with Gasteiger partial charge in [-0.05, 0) is 44.7 Å². The Bertz CT molecular complexity index is 710. The predicted octanol–water partition coefficient (Wildman–Crippen LogP) is 3.81. The minimum absolute atomic E-state index is 0. The van der Waals surface area contributed by atoms with Crippen molar-refractivity contribution >= 4 is 24.6 Å². The van der Waals surface area contributed by atoms with Crippen LogP contribution in [0.4, 0.5) is 8.78 Å². The van der Waals surface area contributed by atoms with E-state index in [4.69, 9.17) is 9.26 Å². The van der Waals surface area contributed by atoms with Gasteiger partial charge >= 0.3 is 6.61 Å². The standard InChI is InChI=1S/C17H21F2N3O3.ClH/c1-4-23-14-10-12(5-7-13(14)24-17(18)19)6-8-16-21-15(22-25-16)9-11(2)20-3;/h5-8,10-11,17,20H,4,9H2,1-3H3;1H/b8-6+;. The Morgan fingerprint density at radius 1 is 1.27 bits per heavy atom. The van der Waals surface area contributed by atoms with Gasteiger partial charge in [0.05, 0.1) is 6.61 Å². The fourth-order valence-electron chi connectivity index (χ4n) is 2.05. The van der Waals surface area contributed by atoms with E-state index in [0.717, 1.165) is 5.56 Å². The van der Waals surface area contributed by atoms with Crippen LogP contribution >= 0.6 is 12.4 Å². The summed E-state index contributed by atoms with van der Waals surface area (Å²) in [6.45, 7) is 1.21. The molecule has 0 aliphatic rings. The maximum Gasteiger partial charge on any atom is 0.387 e. The number of aromatic nitrogens is 2. The minimum atomic E-state index is -2.91. The Morgan fingerprint density at radius 3 is 2.69 bits per heavy atom. The summed E-state index contributed by atoms with van der Waals surface area (Å²) in [7, 11) is 1.86. The molecule has 1 heterocycles. The van der Waals surface area contributed by atoms with E-state index in [1.807, 2.05) is 14.0 Å². The Hall–Kier alpha value is -2.19. The van der Waals surface area contributed by atoms with Gasteiger partial charge in [-0.3, -0.25) is 0 Å². The lowest BCUT2D eigenvalue weighted by Gasteiger charge is -2.11. The first-order valence-corrected chi connectivity index (χ1v) is 7.91. The van der Waals surface area contributed by atoms with Crippen LogP contribution in [0.5, 0.6) is 11.5 Å². The molecular formula is C17H22ClF2N3O3. The number of hydrogen-bond acceptors (Lipinski definition) is 6. The third kappa shape index (κ3) is 6.61. The van der Waals surface area contributed by atoms with Crippen LogP contribution in [-0.4, -0.2) is 36.4 Å². The highest BCUT2D eigenvalue weighted by Gasteiger charge is 2.11. The number of benzene rings is 1. The molecule has 0 aliphatic carbocycles. The van der Waals surface area contributed by atoms with Gasteiger partial charge in [0.25, 0.3) is 5.89 Å². The number of nitrogens with zero attached hydrogens (tertiary/aromatic N) is 2. The topological polar surface area (TPSA) is 69.4 Å². The van der Waals surface area contributed by atoms with Gasteiger partial charge in [-0.25, -0.2) is 0 Å². The van der Waals surface area contributed by atoms with Gasteiger partial charge in [-0.2, -0.15) is 13.8 Å². The van der Waals surface area contributed by atoms with E-state index in [2.05, 4.69) is 20.2 Å². The molecule has 0 bridgehead atoms. The highest BCUT2D eigenvalue weighted by molar-refractivity contribution is 5.85. The lowest BCUT2D eigenvalue weighted by molar-refractivity contribution is -0.0514. The second-order valence-corrected chi connectivity index (χ2v) is 5.29. The third-order valence-electron chi connectivity index (χ3n) is 3.37. The second kappa shape index (κ2) is 10.7. The SMILES string of the molecule is CCOc1cc(/C=C/c2nc(CC(C)NC)no2)ccc1OC(F)F.Cl. The zero-order valence-electron chi connectivity index (χ0n) is 14.7. The van der Waals surface area contributed by atoms with Crippen molar-refractivity contribution in [1.29, 1.82) is 0 Å². The molecule has 0 saturated heterocycles. The maximum absolute atomic E-state index is 12.4. The molecule has 2 aromatic rings. The van der Waals surface area contributed by atoms with Crippen molar-refractivity contribution in [2.75, 3.05) is 13.7 Å². The van der Waals surface area contributed by atoms with Crippen molar-refractivity contribution in [2.24, 2.45) is 0 Å². The Labute approximate surface area is 157 Å². The van der Waals surface area contributed by atoms with Crippen molar-refractivity contribution < 1.29 is 22.8 Å². The molecule has 144 valence electrons. The number of alkyl halides is 2. The molecule has 0 spiro atoms. The summed E-state index contributed by atoms with van der Waals surface area (Å²) in [5.74, 6) is 1.22. The largest absolute Gasteiger partial charge is 0.490 e. The average molecular weight is 390 g/mol. The van der Waals surface area contributed by atoms with Gasteiger partial charge in [0.15, 0.2) is 17.3 Å². The average Bonchev–Trinajstić information content (AvgIpc) is 3.02. The monoisotopic (exact) mass is 389 g/mol. The van der Waals surface area contributed by atoms with Crippen molar-refractivity contribution in [1.82, 2.24) is 15.5 Å². The van der Waals surface area contributed by atoms with Crippen LogP contribution in [-0.2, 0) is 6.42 Å². The zero-order valence-corrected chi connectivity index (χ0v) is 15.6. The van der Waals surface area contributed by atoms with Crippen LogP contribution in [0.2, 0.25) is 0 Å². The number of likely N-dealkylation sites (N-methyl/N-ethyl adjacent to an activating group) is 1. The quantitative estimate of drug-likeness (QED) is 0.703. The Balaban J connectivity index is 0.00000338. The van der Waals surface area contributed by atoms with E-state index in [1.54, 1.807) is 31.2 Å².